The number of halogens is 2. The van der Waals surface area contributed by atoms with Gasteiger partial charge in [0.2, 0.25) is 5.91 Å². The Labute approximate surface area is 188 Å². The minimum Gasteiger partial charge on any atom is -0.501 e. The van der Waals surface area contributed by atoms with Gasteiger partial charge in [0.1, 0.15) is 5.50 Å². The second kappa shape index (κ2) is 9.09. The summed E-state index contributed by atoms with van der Waals surface area (Å²) in [4.78, 5) is 30.9. The lowest BCUT2D eigenvalue weighted by Crippen LogP contribution is -2.50. The lowest BCUT2D eigenvalue weighted by Gasteiger charge is -2.28. The van der Waals surface area contributed by atoms with Crippen LogP contribution in [0.15, 0.2) is 22.9 Å². The van der Waals surface area contributed by atoms with E-state index >= 15 is 0 Å². The molecule has 1 aliphatic carbocycles. The molecule has 0 radical (unpaired) electrons. The Morgan fingerprint density at radius 3 is 2.97 bits per heavy atom. The molecule has 1 fully saturated rings. The van der Waals surface area contributed by atoms with Gasteiger partial charge >= 0.3 is 0 Å². The first kappa shape index (κ1) is 21.4. The van der Waals surface area contributed by atoms with Crippen molar-refractivity contribution in [1.82, 2.24) is 20.0 Å². The zero-order valence-electron chi connectivity index (χ0n) is 16.8. The summed E-state index contributed by atoms with van der Waals surface area (Å²) in [6, 6.07) is 1.89. The van der Waals surface area contributed by atoms with Crippen LogP contribution >= 0.6 is 27.5 Å². The molecule has 4 unspecified atom stereocenters. The molecule has 2 aliphatic heterocycles. The molecule has 4 atom stereocenters. The molecule has 0 bridgehead atoms. The highest BCUT2D eigenvalue weighted by atomic mass is 79.9. The second-order valence-electron chi connectivity index (χ2n) is 7.85. The van der Waals surface area contributed by atoms with Crippen LogP contribution in [-0.4, -0.2) is 69.8 Å². The first-order valence-corrected chi connectivity index (χ1v) is 11.5. The summed E-state index contributed by atoms with van der Waals surface area (Å²) >= 11 is 10.0. The van der Waals surface area contributed by atoms with Crippen LogP contribution in [-0.2, 0) is 9.53 Å². The number of alkyl halides is 2. The number of carbonyl (C=O) groups excluding carboxylic acids is 2. The summed E-state index contributed by atoms with van der Waals surface area (Å²) in [5.41, 5.74) is 1.02. The van der Waals surface area contributed by atoms with Crippen molar-refractivity contribution in [3.05, 3.63) is 29.3 Å². The molecule has 1 N–H and O–H groups in total. The maximum Gasteiger partial charge on any atom is 0.274 e. The molecule has 162 valence electrons. The largest absolute Gasteiger partial charge is 0.501 e. The van der Waals surface area contributed by atoms with Crippen LogP contribution in [0, 0.1) is 0 Å². The fourth-order valence-corrected chi connectivity index (χ4v) is 5.24. The van der Waals surface area contributed by atoms with E-state index in [4.69, 9.17) is 21.4 Å². The molecule has 2 amide bonds. The van der Waals surface area contributed by atoms with E-state index in [1.807, 2.05) is 17.0 Å². The molecule has 0 aromatic carbocycles. The number of carbonyl (C=O) groups is 2. The summed E-state index contributed by atoms with van der Waals surface area (Å²) in [5.74, 6) is 0.606. The Morgan fingerprint density at radius 2 is 2.23 bits per heavy atom. The predicted octanol–water partition coefficient (Wildman–Crippen LogP) is 2.60. The molecule has 3 heterocycles. The van der Waals surface area contributed by atoms with Crippen LogP contribution in [0.25, 0.3) is 0 Å². The first-order chi connectivity index (χ1) is 14.4. The summed E-state index contributed by atoms with van der Waals surface area (Å²) < 4.78 is 7.46. The quantitative estimate of drug-likeness (QED) is 0.510. The van der Waals surface area contributed by atoms with Crippen molar-refractivity contribution in [3.63, 3.8) is 0 Å². The number of hydrogen-bond acceptors (Lipinski definition) is 5. The van der Waals surface area contributed by atoms with E-state index in [0.717, 1.165) is 24.3 Å². The number of aliphatic imine (C=N–C) groups is 1. The van der Waals surface area contributed by atoms with Crippen LogP contribution in [0.5, 0.6) is 0 Å². The van der Waals surface area contributed by atoms with Crippen LogP contribution in [0.1, 0.15) is 53.8 Å². The number of ether oxygens (including phenoxy) is 1. The Balaban J connectivity index is 1.69. The Hall–Kier alpha value is -1.87. The third kappa shape index (κ3) is 4.56. The molecule has 10 heteroatoms. The molecular formula is C20H25BrClN5O3. The highest BCUT2D eigenvalue weighted by Crippen LogP contribution is 2.37. The summed E-state index contributed by atoms with van der Waals surface area (Å²) in [6.07, 6.45) is 7.02. The van der Waals surface area contributed by atoms with E-state index in [2.05, 4.69) is 32.3 Å². The average Bonchev–Trinajstić information content (AvgIpc) is 3.18. The van der Waals surface area contributed by atoms with Crippen LogP contribution < -0.4 is 5.32 Å². The van der Waals surface area contributed by atoms with Crippen LogP contribution in [0.3, 0.4) is 0 Å². The van der Waals surface area contributed by atoms with Crippen molar-refractivity contribution in [1.29, 1.82) is 0 Å². The zero-order chi connectivity index (χ0) is 21.3. The van der Waals surface area contributed by atoms with Gasteiger partial charge in [0, 0.05) is 55.0 Å². The van der Waals surface area contributed by atoms with E-state index in [9.17, 15) is 9.59 Å². The number of nitrogens with one attached hydrogen (secondary N) is 1. The van der Waals surface area contributed by atoms with E-state index in [1.165, 1.54) is 0 Å². The topological polar surface area (TPSA) is 88.8 Å². The first-order valence-electron chi connectivity index (χ1n) is 10.1. The normalized spacial score (nSPS) is 29.4. The number of hydrogen-bond donors (Lipinski definition) is 1. The Kier molecular flexibility index (Phi) is 6.48. The number of methoxy groups -OCH3 is 1. The maximum atomic E-state index is 13.1. The van der Waals surface area contributed by atoms with Gasteiger partial charge in [-0.05, 0) is 18.6 Å². The van der Waals surface area contributed by atoms with Crippen LogP contribution in [0.4, 0.5) is 0 Å². The smallest absolute Gasteiger partial charge is 0.274 e. The van der Waals surface area contributed by atoms with Gasteiger partial charge in [0.15, 0.2) is 5.69 Å². The summed E-state index contributed by atoms with van der Waals surface area (Å²) in [6.45, 7) is 0.994. The molecule has 1 aromatic heterocycles. The number of aromatic nitrogens is 2. The zero-order valence-corrected chi connectivity index (χ0v) is 19.1. The molecule has 1 saturated heterocycles. The number of rotatable bonds is 4. The fraction of sp³-hybridized carbons (Fsp3) is 0.600. The molecule has 30 heavy (non-hydrogen) atoms. The van der Waals surface area contributed by atoms with Gasteiger partial charge in [-0.2, -0.15) is 5.10 Å². The van der Waals surface area contributed by atoms with Crippen molar-refractivity contribution >= 4 is 45.6 Å². The van der Waals surface area contributed by atoms with E-state index in [0.29, 0.717) is 31.6 Å². The van der Waals surface area contributed by atoms with Gasteiger partial charge in [-0.25, -0.2) is 0 Å². The highest BCUT2D eigenvalue weighted by molar-refractivity contribution is 9.09. The Morgan fingerprint density at radius 1 is 1.40 bits per heavy atom. The number of amides is 2. The lowest BCUT2D eigenvalue weighted by atomic mass is 9.91. The predicted molar refractivity (Wildman–Crippen MR) is 117 cm³/mol. The van der Waals surface area contributed by atoms with E-state index < -0.39 is 0 Å². The highest BCUT2D eigenvalue weighted by Gasteiger charge is 2.32. The monoisotopic (exact) mass is 497 g/mol. The standard InChI is InChI=1S/C20H25BrClN5O3/c1-30-15-7-12(6-13(21)8-15)17-10-16(20(29)26-5-4-24-19(28)11-26)25-27(17)14-2-3-23-18(22)9-14/h3,7,10,12-14,18H,2,4-6,8-9,11H2,1H3,(H,24,28). The number of nitrogens with zero attached hydrogens (tertiary/aromatic N) is 4. The Bertz CT molecular complexity index is 886. The van der Waals surface area contributed by atoms with Crippen molar-refractivity contribution < 1.29 is 14.3 Å². The average molecular weight is 499 g/mol. The SMILES string of the molecule is COC1=CC(c2cc(C(=O)N3CCNC(=O)C3)nn2C2CC=NC(Cl)C2)CC(Br)C1. The van der Waals surface area contributed by atoms with Gasteiger partial charge in [0.25, 0.3) is 5.91 Å². The van der Waals surface area contributed by atoms with Crippen LogP contribution in [0.2, 0.25) is 0 Å². The van der Waals surface area contributed by atoms with E-state index in [-0.39, 0.29) is 40.6 Å². The number of allylic oxidation sites excluding steroid dienone is 2. The van der Waals surface area contributed by atoms with Gasteiger partial charge in [0.05, 0.1) is 25.5 Å². The molecule has 4 rings (SSSR count). The molecule has 3 aliphatic rings. The molecule has 0 saturated carbocycles. The third-order valence-electron chi connectivity index (χ3n) is 5.73. The van der Waals surface area contributed by atoms with Crippen molar-refractivity contribution in [2.45, 2.75) is 48.0 Å². The molecule has 8 nitrogen and oxygen atoms in total. The lowest BCUT2D eigenvalue weighted by molar-refractivity contribution is -0.123. The van der Waals surface area contributed by atoms with Gasteiger partial charge in [-0.1, -0.05) is 27.5 Å². The fourth-order valence-electron chi connectivity index (χ4n) is 4.23. The van der Waals surface area contributed by atoms with Gasteiger partial charge < -0.3 is 15.0 Å². The van der Waals surface area contributed by atoms with Crippen molar-refractivity contribution in [3.8, 4) is 0 Å². The molecule has 0 spiro atoms. The summed E-state index contributed by atoms with van der Waals surface area (Å²) in [7, 11) is 1.68. The minimum absolute atomic E-state index is 0.0290. The maximum absolute atomic E-state index is 13.1. The van der Waals surface area contributed by atoms with Crippen molar-refractivity contribution in [2.75, 3.05) is 26.7 Å². The van der Waals surface area contributed by atoms with E-state index in [1.54, 1.807) is 12.0 Å². The number of piperazine rings is 1. The molecule has 1 aromatic rings. The van der Waals surface area contributed by atoms with Gasteiger partial charge in [-0.15, -0.1) is 0 Å². The minimum atomic E-state index is -0.300. The summed E-state index contributed by atoms with van der Waals surface area (Å²) in [5, 5.41) is 7.45. The third-order valence-corrected chi connectivity index (χ3v) is 6.72. The second-order valence-corrected chi connectivity index (χ2v) is 9.65. The molecular weight excluding hydrogens is 474 g/mol. The van der Waals surface area contributed by atoms with Gasteiger partial charge in [-0.3, -0.25) is 19.3 Å². The van der Waals surface area contributed by atoms with Crippen molar-refractivity contribution in [2.24, 2.45) is 4.99 Å².